The van der Waals surface area contributed by atoms with E-state index >= 15 is 0 Å². The zero-order valence-corrected chi connectivity index (χ0v) is 12.9. The summed E-state index contributed by atoms with van der Waals surface area (Å²) in [5.74, 6) is 0.186. The normalized spacial score (nSPS) is 14.5. The summed E-state index contributed by atoms with van der Waals surface area (Å²) in [6.45, 7) is 1.11. The lowest BCUT2D eigenvalue weighted by atomic mass is 10.2. The molecule has 2 N–H and O–H groups in total. The number of anilines is 1. The van der Waals surface area contributed by atoms with Gasteiger partial charge in [-0.25, -0.2) is 12.7 Å². The molecule has 116 valence electrons. The second kappa shape index (κ2) is 6.42. The van der Waals surface area contributed by atoms with Crippen molar-refractivity contribution in [2.45, 2.75) is 11.3 Å². The van der Waals surface area contributed by atoms with Gasteiger partial charge in [-0.2, -0.15) is 0 Å². The fraction of sp³-hybridized carbons (Fsp3) is 0.462. The first kappa shape index (κ1) is 15.7. The van der Waals surface area contributed by atoms with Crippen LogP contribution in [0.1, 0.15) is 6.42 Å². The second-order valence-electron chi connectivity index (χ2n) is 4.78. The zero-order valence-electron chi connectivity index (χ0n) is 12.0. The molecule has 1 heterocycles. The SMILES string of the molecule is CNCCCN(C)S(=O)(=O)c1ccc2c(c1)NC(=O)CO2. The lowest BCUT2D eigenvalue weighted by Gasteiger charge is -2.21. The molecule has 0 radical (unpaired) electrons. The van der Waals surface area contributed by atoms with Crippen LogP contribution in [0.3, 0.4) is 0 Å². The van der Waals surface area contributed by atoms with Crippen molar-refractivity contribution in [2.75, 3.05) is 39.1 Å². The number of carbonyl (C=O) groups excluding carboxylic acids is 1. The largest absolute Gasteiger partial charge is 0.482 e. The van der Waals surface area contributed by atoms with Crippen LogP contribution in [0, 0.1) is 0 Å². The third kappa shape index (κ3) is 3.52. The zero-order chi connectivity index (χ0) is 15.5. The molecule has 0 unspecified atom stereocenters. The minimum atomic E-state index is -3.57. The van der Waals surface area contributed by atoms with Crippen LogP contribution in [0.4, 0.5) is 5.69 Å². The van der Waals surface area contributed by atoms with Crippen LogP contribution in [-0.4, -0.2) is 52.4 Å². The number of hydrogen-bond donors (Lipinski definition) is 2. The fourth-order valence-corrected chi connectivity index (χ4v) is 3.24. The highest BCUT2D eigenvalue weighted by atomic mass is 32.2. The number of amides is 1. The molecule has 0 fully saturated rings. The predicted octanol–water partition coefficient (Wildman–Crippen LogP) is 0.247. The summed E-state index contributed by atoms with van der Waals surface area (Å²) in [5.41, 5.74) is 0.385. The maximum Gasteiger partial charge on any atom is 0.262 e. The van der Waals surface area contributed by atoms with E-state index in [1.807, 2.05) is 7.05 Å². The molecule has 0 atom stereocenters. The number of nitrogens with one attached hydrogen (secondary N) is 2. The molecule has 8 heteroatoms. The van der Waals surface area contributed by atoms with Crippen molar-refractivity contribution in [1.29, 1.82) is 0 Å². The van der Waals surface area contributed by atoms with Crippen molar-refractivity contribution in [3.63, 3.8) is 0 Å². The molecule has 2 rings (SSSR count). The van der Waals surface area contributed by atoms with E-state index < -0.39 is 10.0 Å². The lowest BCUT2D eigenvalue weighted by Crippen LogP contribution is -2.30. The number of rotatable bonds is 6. The monoisotopic (exact) mass is 313 g/mol. The van der Waals surface area contributed by atoms with Crippen molar-refractivity contribution in [3.8, 4) is 5.75 Å². The first-order chi connectivity index (χ1) is 9.95. The molecule has 0 aromatic heterocycles. The molecule has 0 saturated heterocycles. The Kier molecular flexibility index (Phi) is 4.81. The van der Waals surface area contributed by atoms with Gasteiger partial charge in [0.15, 0.2) is 6.61 Å². The van der Waals surface area contributed by atoms with E-state index in [2.05, 4.69) is 10.6 Å². The Bertz CT molecular complexity index is 630. The van der Waals surface area contributed by atoms with Crippen molar-refractivity contribution >= 4 is 21.6 Å². The van der Waals surface area contributed by atoms with Gasteiger partial charge in [-0.1, -0.05) is 0 Å². The van der Waals surface area contributed by atoms with E-state index in [0.29, 0.717) is 18.0 Å². The maximum atomic E-state index is 12.4. The quantitative estimate of drug-likeness (QED) is 0.735. The summed E-state index contributed by atoms with van der Waals surface area (Å²) in [7, 11) is -0.210. The molecule has 0 saturated carbocycles. The highest BCUT2D eigenvalue weighted by Gasteiger charge is 2.24. The minimum absolute atomic E-state index is 0.0526. The van der Waals surface area contributed by atoms with Gasteiger partial charge in [0, 0.05) is 13.6 Å². The second-order valence-corrected chi connectivity index (χ2v) is 6.82. The first-order valence-electron chi connectivity index (χ1n) is 6.63. The van der Waals surface area contributed by atoms with Crippen LogP contribution in [0.2, 0.25) is 0 Å². The van der Waals surface area contributed by atoms with Crippen molar-refractivity contribution in [1.82, 2.24) is 9.62 Å². The van der Waals surface area contributed by atoms with E-state index in [4.69, 9.17) is 4.74 Å². The van der Waals surface area contributed by atoms with E-state index in [1.165, 1.54) is 16.4 Å². The van der Waals surface area contributed by atoms with E-state index in [0.717, 1.165) is 13.0 Å². The number of carbonyl (C=O) groups is 1. The Morgan fingerprint density at radius 1 is 1.43 bits per heavy atom. The molecule has 0 bridgehead atoms. The molecule has 1 aliphatic heterocycles. The molecule has 1 aromatic carbocycles. The molecular formula is C13H19N3O4S. The van der Waals surface area contributed by atoms with Crippen LogP contribution in [0.5, 0.6) is 5.75 Å². The highest BCUT2D eigenvalue weighted by Crippen LogP contribution is 2.30. The summed E-state index contributed by atoms with van der Waals surface area (Å²) in [5, 5.41) is 5.58. The Labute approximate surface area is 124 Å². The van der Waals surface area contributed by atoms with Crippen LogP contribution in [0.15, 0.2) is 23.1 Å². The van der Waals surface area contributed by atoms with Gasteiger partial charge in [-0.05, 0) is 38.2 Å². The maximum absolute atomic E-state index is 12.4. The summed E-state index contributed by atoms with van der Waals surface area (Å²) in [4.78, 5) is 11.4. The van der Waals surface area contributed by atoms with Crippen LogP contribution in [0.25, 0.3) is 0 Å². The molecule has 0 spiro atoms. The molecule has 1 aliphatic rings. The third-order valence-corrected chi connectivity index (χ3v) is 5.04. The average Bonchev–Trinajstić information content (AvgIpc) is 2.46. The predicted molar refractivity (Wildman–Crippen MR) is 78.9 cm³/mol. The average molecular weight is 313 g/mol. The van der Waals surface area contributed by atoms with Gasteiger partial charge in [-0.3, -0.25) is 4.79 Å². The minimum Gasteiger partial charge on any atom is -0.482 e. The van der Waals surface area contributed by atoms with Gasteiger partial charge >= 0.3 is 0 Å². The molecule has 1 aromatic rings. The van der Waals surface area contributed by atoms with Crippen LogP contribution >= 0.6 is 0 Å². The van der Waals surface area contributed by atoms with E-state index in [1.54, 1.807) is 13.1 Å². The first-order valence-corrected chi connectivity index (χ1v) is 8.07. The topological polar surface area (TPSA) is 87.7 Å². The van der Waals surface area contributed by atoms with Crippen LogP contribution in [-0.2, 0) is 14.8 Å². The van der Waals surface area contributed by atoms with Gasteiger partial charge in [-0.15, -0.1) is 0 Å². The highest BCUT2D eigenvalue weighted by molar-refractivity contribution is 7.89. The van der Waals surface area contributed by atoms with Crippen molar-refractivity contribution in [3.05, 3.63) is 18.2 Å². The molecule has 21 heavy (non-hydrogen) atoms. The van der Waals surface area contributed by atoms with Crippen LogP contribution < -0.4 is 15.4 Å². The number of benzene rings is 1. The smallest absolute Gasteiger partial charge is 0.262 e. The summed E-state index contributed by atoms with van der Waals surface area (Å²) >= 11 is 0. The Morgan fingerprint density at radius 2 is 2.19 bits per heavy atom. The van der Waals surface area contributed by atoms with Crippen molar-refractivity contribution < 1.29 is 17.9 Å². The summed E-state index contributed by atoms with van der Waals surface area (Å²) in [6.07, 6.45) is 0.719. The summed E-state index contributed by atoms with van der Waals surface area (Å²) in [6, 6.07) is 4.47. The fourth-order valence-electron chi connectivity index (χ4n) is 2.00. The number of fused-ring (bicyclic) bond motifs is 1. The van der Waals surface area contributed by atoms with Gasteiger partial charge in [0.05, 0.1) is 10.6 Å². The number of ether oxygens (including phenoxy) is 1. The Morgan fingerprint density at radius 3 is 2.90 bits per heavy atom. The van der Waals surface area contributed by atoms with Gasteiger partial charge < -0.3 is 15.4 Å². The van der Waals surface area contributed by atoms with Gasteiger partial charge in [0.25, 0.3) is 5.91 Å². The Balaban J connectivity index is 2.20. The molecule has 7 nitrogen and oxygen atoms in total. The number of sulfonamides is 1. The van der Waals surface area contributed by atoms with E-state index in [9.17, 15) is 13.2 Å². The molecular weight excluding hydrogens is 294 g/mol. The Hall–Kier alpha value is -1.64. The van der Waals surface area contributed by atoms with Crippen molar-refractivity contribution in [2.24, 2.45) is 0 Å². The lowest BCUT2D eigenvalue weighted by molar-refractivity contribution is -0.118. The van der Waals surface area contributed by atoms with E-state index in [-0.39, 0.29) is 17.4 Å². The number of hydrogen-bond acceptors (Lipinski definition) is 5. The summed E-state index contributed by atoms with van der Waals surface area (Å²) < 4.78 is 31.4. The molecule has 1 amide bonds. The standard InChI is InChI=1S/C13H19N3O4S/c1-14-6-3-7-16(2)21(18,19)10-4-5-12-11(8-10)15-13(17)9-20-12/h4-5,8,14H,3,6-7,9H2,1-2H3,(H,15,17). The van der Waals surface area contributed by atoms with Gasteiger partial charge in [0.1, 0.15) is 5.75 Å². The van der Waals surface area contributed by atoms with Gasteiger partial charge in [0.2, 0.25) is 10.0 Å². The third-order valence-electron chi connectivity index (χ3n) is 3.19. The number of nitrogens with zero attached hydrogens (tertiary/aromatic N) is 1. The molecule has 0 aliphatic carbocycles.